The summed E-state index contributed by atoms with van der Waals surface area (Å²) < 4.78 is 49.6. The Morgan fingerprint density at radius 3 is 1.74 bits per heavy atom. The van der Waals surface area contributed by atoms with Gasteiger partial charge in [0.25, 0.3) is 0 Å². The number of hydrogen-bond acceptors (Lipinski definition) is 8. The van der Waals surface area contributed by atoms with Crippen molar-refractivity contribution in [1.29, 1.82) is 0 Å². The van der Waals surface area contributed by atoms with Crippen molar-refractivity contribution in [2.45, 2.75) is 23.6 Å². The SMILES string of the molecule is C#CS(=O)(=O)c1ccc(C)cc1.Cc1ccc(S(=O)(=O)/C=C/n2cnn(C)c2=O)cc1.Cn1nc[nH]c1=O. The van der Waals surface area contributed by atoms with Crippen molar-refractivity contribution < 1.29 is 16.8 Å². The maximum Gasteiger partial charge on any atom is 0.349 e. The van der Waals surface area contributed by atoms with E-state index in [2.05, 4.69) is 15.2 Å². The van der Waals surface area contributed by atoms with Crippen LogP contribution in [0.1, 0.15) is 11.1 Å². The van der Waals surface area contributed by atoms with Gasteiger partial charge in [-0.3, -0.25) is 9.55 Å². The highest BCUT2D eigenvalue weighted by Gasteiger charge is 2.10. The van der Waals surface area contributed by atoms with Gasteiger partial charge in [0.15, 0.2) is 0 Å². The number of nitrogens with zero attached hydrogens (tertiary/aromatic N) is 5. The van der Waals surface area contributed by atoms with Crippen LogP contribution in [0.4, 0.5) is 0 Å². The lowest BCUT2D eigenvalue weighted by atomic mass is 10.2. The van der Waals surface area contributed by atoms with Gasteiger partial charge in [-0.15, -0.1) is 6.42 Å². The molecule has 2 heterocycles. The van der Waals surface area contributed by atoms with E-state index < -0.39 is 25.4 Å². The monoisotopic (exact) mass is 558 g/mol. The molecule has 14 heteroatoms. The average Bonchev–Trinajstić information content (AvgIpc) is 3.42. The maximum atomic E-state index is 12.0. The van der Waals surface area contributed by atoms with Gasteiger partial charge in [0, 0.05) is 25.5 Å². The van der Waals surface area contributed by atoms with Crippen LogP contribution >= 0.6 is 0 Å². The topological polar surface area (TPSA) is 159 Å². The molecule has 2 aromatic heterocycles. The first-order valence-electron chi connectivity index (χ1n) is 10.7. The third-order valence-electron chi connectivity index (χ3n) is 4.80. The highest BCUT2D eigenvalue weighted by molar-refractivity contribution is 7.96. The normalized spacial score (nSPS) is 11.1. The summed E-state index contributed by atoms with van der Waals surface area (Å²) in [6, 6.07) is 12.9. The largest absolute Gasteiger partial charge is 0.349 e. The Morgan fingerprint density at radius 2 is 1.37 bits per heavy atom. The summed E-state index contributed by atoms with van der Waals surface area (Å²) in [6.07, 6.45) is 8.63. The molecule has 12 nitrogen and oxygen atoms in total. The van der Waals surface area contributed by atoms with Crippen LogP contribution in [0.25, 0.3) is 6.20 Å². The van der Waals surface area contributed by atoms with Crippen molar-refractivity contribution >= 4 is 25.9 Å². The van der Waals surface area contributed by atoms with E-state index in [-0.39, 0.29) is 15.5 Å². The predicted molar refractivity (Wildman–Crippen MR) is 142 cm³/mol. The number of hydrogen-bond donors (Lipinski definition) is 1. The van der Waals surface area contributed by atoms with Crippen molar-refractivity contribution in [3.63, 3.8) is 0 Å². The molecule has 0 fully saturated rings. The van der Waals surface area contributed by atoms with Gasteiger partial charge >= 0.3 is 11.4 Å². The first kappa shape index (κ1) is 29.7. The van der Waals surface area contributed by atoms with Crippen molar-refractivity contribution in [3.05, 3.63) is 98.7 Å². The van der Waals surface area contributed by atoms with Crippen molar-refractivity contribution in [3.8, 4) is 11.7 Å². The average molecular weight is 559 g/mol. The Kier molecular flexibility index (Phi) is 9.91. The summed E-state index contributed by atoms with van der Waals surface area (Å²) in [5.41, 5.74) is 1.40. The molecule has 0 amide bonds. The number of nitrogens with one attached hydrogen (secondary N) is 1. The fourth-order valence-corrected chi connectivity index (χ4v) is 4.15. The van der Waals surface area contributed by atoms with Crippen LogP contribution in [0.3, 0.4) is 0 Å². The second kappa shape index (κ2) is 12.7. The molecule has 200 valence electrons. The number of terminal acetylenes is 1. The van der Waals surface area contributed by atoms with Crippen molar-refractivity contribution in [2.24, 2.45) is 14.1 Å². The quantitative estimate of drug-likeness (QED) is 0.290. The molecule has 0 atom stereocenters. The number of H-pyrrole nitrogens is 1. The van der Waals surface area contributed by atoms with Gasteiger partial charge in [-0.1, -0.05) is 35.4 Å². The molecule has 4 rings (SSSR count). The lowest BCUT2D eigenvalue weighted by molar-refractivity contribution is 0.603. The molecule has 0 aliphatic carbocycles. The van der Waals surface area contributed by atoms with Crippen LogP contribution in [0.5, 0.6) is 0 Å². The van der Waals surface area contributed by atoms with E-state index in [1.165, 1.54) is 54.8 Å². The van der Waals surface area contributed by atoms with Gasteiger partial charge in [-0.05, 0) is 38.1 Å². The van der Waals surface area contributed by atoms with E-state index in [0.717, 1.165) is 25.8 Å². The van der Waals surface area contributed by atoms with Crippen LogP contribution in [-0.4, -0.2) is 45.9 Å². The summed E-state index contributed by atoms with van der Waals surface area (Å²) in [5.74, 6) is 0. The molecule has 0 unspecified atom stereocenters. The number of aryl methyl sites for hydroxylation is 4. The van der Waals surface area contributed by atoms with Crippen LogP contribution in [0, 0.1) is 25.5 Å². The fourth-order valence-electron chi connectivity index (χ4n) is 2.56. The van der Waals surface area contributed by atoms with Gasteiger partial charge in [-0.2, -0.15) is 10.2 Å². The molecule has 0 bridgehead atoms. The molecule has 0 spiro atoms. The zero-order chi connectivity index (χ0) is 28.5. The molecule has 4 aromatic rings. The van der Waals surface area contributed by atoms with Gasteiger partial charge in [0.2, 0.25) is 19.7 Å². The lowest BCUT2D eigenvalue weighted by Gasteiger charge is -1.99. The molecule has 0 aliphatic rings. The molecule has 38 heavy (non-hydrogen) atoms. The summed E-state index contributed by atoms with van der Waals surface area (Å²) in [5, 5.41) is 10.0. The summed E-state index contributed by atoms with van der Waals surface area (Å²) >= 11 is 0. The van der Waals surface area contributed by atoms with Crippen LogP contribution in [-0.2, 0) is 33.8 Å². The van der Waals surface area contributed by atoms with Crippen LogP contribution in [0.15, 0.2) is 86.0 Å². The lowest BCUT2D eigenvalue weighted by Crippen LogP contribution is -2.19. The molecule has 0 radical (unpaired) electrons. The van der Waals surface area contributed by atoms with Gasteiger partial charge < -0.3 is 0 Å². The minimum atomic E-state index is -3.56. The third-order valence-corrected chi connectivity index (χ3v) is 7.41. The van der Waals surface area contributed by atoms with Crippen molar-refractivity contribution in [1.82, 2.24) is 29.1 Å². The molecular weight excluding hydrogens is 532 g/mol. The van der Waals surface area contributed by atoms with Gasteiger partial charge in [0.1, 0.15) is 12.7 Å². The van der Waals surface area contributed by atoms with E-state index in [1.807, 2.05) is 13.8 Å². The Labute approximate surface area is 219 Å². The molecule has 0 aliphatic heterocycles. The highest BCUT2D eigenvalue weighted by Crippen LogP contribution is 2.13. The Bertz CT molecular complexity index is 1770. The fraction of sp³-hybridized carbons (Fsp3) is 0.167. The molecule has 2 aromatic carbocycles. The van der Waals surface area contributed by atoms with E-state index in [0.29, 0.717) is 0 Å². The second-order valence-corrected chi connectivity index (χ2v) is 11.3. The van der Waals surface area contributed by atoms with Crippen LogP contribution in [0.2, 0.25) is 0 Å². The van der Waals surface area contributed by atoms with E-state index in [1.54, 1.807) is 36.6 Å². The number of sulfone groups is 2. The standard InChI is InChI=1S/C12H13N3O3S.C9H8O2S.C3H5N3O/c1-10-3-5-11(6-4-10)19(17,18)8-7-15-9-13-14(2)12(15)16;1-3-12(10,11)9-6-4-8(2)5-7-9;1-6-3(7)4-2-5-6/h3-9H,1-2H3;1,4-7H,2H3;2H,1H3,(H,4,5,7)/b8-7+;;. The van der Waals surface area contributed by atoms with E-state index in [4.69, 9.17) is 6.42 Å². The van der Waals surface area contributed by atoms with E-state index >= 15 is 0 Å². The number of aromatic nitrogens is 6. The van der Waals surface area contributed by atoms with Crippen LogP contribution < -0.4 is 11.4 Å². The molecule has 1 N–H and O–H groups in total. The summed E-state index contributed by atoms with van der Waals surface area (Å²) in [7, 11) is -3.98. The smallest absolute Gasteiger partial charge is 0.295 e. The molecular formula is C24H26N6O6S2. The Hall–Kier alpha value is -4.48. The number of aromatic amines is 1. The Balaban J connectivity index is 0.000000226. The minimum Gasteiger partial charge on any atom is -0.295 e. The second-order valence-electron chi connectivity index (χ2n) is 7.74. The predicted octanol–water partition coefficient (Wildman–Crippen LogP) is 1.26. The summed E-state index contributed by atoms with van der Waals surface area (Å²) in [6.45, 7) is 3.76. The molecule has 0 saturated carbocycles. The number of rotatable bonds is 4. The zero-order valence-electron chi connectivity index (χ0n) is 21.0. The van der Waals surface area contributed by atoms with Gasteiger partial charge in [0.05, 0.1) is 15.2 Å². The first-order chi connectivity index (χ1) is 17.8. The highest BCUT2D eigenvalue weighted by atomic mass is 32.2. The zero-order valence-corrected chi connectivity index (χ0v) is 22.6. The maximum absolute atomic E-state index is 12.0. The third kappa shape index (κ3) is 8.29. The summed E-state index contributed by atoms with van der Waals surface area (Å²) in [4.78, 5) is 24.5. The Morgan fingerprint density at radius 1 is 0.842 bits per heavy atom. The first-order valence-corrected chi connectivity index (χ1v) is 13.8. The van der Waals surface area contributed by atoms with Crippen molar-refractivity contribution in [2.75, 3.05) is 0 Å². The molecule has 0 saturated heterocycles. The number of benzene rings is 2. The van der Waals surface area contributed by atoms with E-state index in [9.17, 15) is 26.4 Å². The minimum absolute atomic E-state index is 0.176. The van der Waals surface area contributed by atoms with Gasteiger partial charge in [-0.25, -0.2) is 35.8 Å².